The molecule has 70 valence electrons. The molecule has 1 aliphatic rings. The van der Waals surface area contributed by atoms with Crippen LogP contribution in [0.1, 0.15) is 6.92 Å². The largest absolute Gasteiger partial charge is 0.506 e. The van der Waals surface area contributed by atoms with Crippen LogP contribution in [-0.2, 0) is 0 Å². The average Bonchev–Trinajstić information content (AvgIpc) is 2.12. The fraction of sp³-hybridized carbons (Fsp3) is 0.333. The van der Waals surface area contributed by atoms with Crippen LogP contribution in [-0.4, -0.2) is 17.0 Å². The van der Waals surface area contributed by atoms with E-state index < -0.39 is 0 Å². The van der Waals surface area contributed by atoms with Crippen molar-refractivity contribution in [1.82, 2.24) is 0 Å². The first-order valence-electron chi connectivity index (χ1n) is 3.99. The number of rotatable bonds is 0. The molecule has 0 radical (unpaired) electrons. The summed E-state index contributed by atoms with van der Waals surface area (Å²) in [5, 5.41) is 10.1. The minimum atomic E-state index is 0.0792. The molecule has 1 heterocycles. The van der Waals surface area contributed by atoms with Crippen molar-refractivity contribution < 1.29 is 9.84 Å². The van der Waals surface area contributed by atoms with Crippen molar-refractivity contribution >= 4 is 23.4 Å². The normalized spacial score (nSPS) is 20.6. The van der Waals surface area contributed by atoms with Gasteiger partial charge in [0.2, 0.25) is 0 Å². The molecule has 1 atom stereocenters. The molecule has 1 aromatic carbocycles. The summed E-state index contributed by atoms with van der Waals surface area (Å²) in [5.74, 6) is 0.695. The van der Waals surface area contributed by atoms with Gasteiger partial charge in [0.05, 0.1) is 4.90 Å². The molecule has 0 fully saturated rings. The molecule has 13 heavy (non-hydrogen) atoms. The summed E-state index contributed by atoms with van der Waals surface area (Å²) < 4.78 is 5.43. The highest BCUT2D eigenvalue weighted by Gasteiger charge is 2.20. The Balaban J connectivity index is 2.47. The third-order valence-electron chi connectivity index (χ3n) is 1.83. The maximum atomic E-state index is 9.32. The van der Waals surface area contributed by atoms with Gasteiger partial charge in [-0.15, -0.1) is 11.8 Å². The first-order valence-corrected chi connectivity index (χ1v) is 5.25. The lowest BCUT2D eigenvalue weighted by Crippen LogP contribution is -2.15. The van der Waals surface area contributed by atoms with Crippen molar-refractivity contribution in [3.63, 3.8) is 0 Å². The minimum absolute atomic E-state index is 0.0792. The molecule has 0 bridgehead atoms. The van der Waals surface area contributed by atoms with Crippen LogP contribution in [0.25, 0.3) is 0 Å². The van der Waals surface area contributed by atoms with Gasteiger partial charge in [-0.25, -0.2) is 0 Å². The Kier molecular flexibility index (Phi) is 2.30. The van der Waals surface area contributed by atoms with Gasteiger partial charge in [0.25, 0.3) is 0 Å². The molecule has 1 aromatic rings. The van der Waals surface area contributed by atoms with Crippen LogP contribution >= 0.6 is 23.4 Å². The van der Waals surface area contributed by atoms with Crippen LogP contribution in [0.4, 0.5) is 0 Å². The van der Waals surface area contributed by atoms with Crippen LogP contribution in [0.15, 0.2) is 17.0 Å². The SMILES string of the molecule is CC1COc2c(ccc(O)c2Cl)S1. The van der Waals surface area contributed by atoms with Gasteiger partial charge in [-0.1, -0.05) is 11.6 Å². The van der Waals surface area contributed by atoms with Crippen molar-refractivity contribution in [2.45, 2.75) is 17.1 Å². The number of benzene rings is 1. The highest BCUT2D eigenvalue weighted by atomic mass is 35.5. The number of thioether (sulfide) groups is 1. The number of halogens is 1. The molecule has 1 N–H and O–H groups in total. The first-order chi connectivity index (χ1) is 6.18. The van der Waals surface area contributed by atoms with Crippen molar-refractivity contribution in [3.8, 4) is 11.5 Å². The molecule has 0 spiro atoms. The van der Waals surface area contributed by atoms with Gasteiger partial charge < -0.3 is 9.84 Å². The zero-order valence-corrected chi connectivity index (χ0v) is 8.65. The summed E-state index contributed by atoms with van der Waals surface area (Å²) in [4.78, 5) is 1.00. The van der Waals surface area contributed by atoms with Gasteiger partial charge in [-0.2, -0.15) is 0 Å². The van der Waals surface area contributed by atoms with Gasteiger partial charge in [-0.05, 0) is 19.1 Å². The molecule has 1 unspecified atom stereocenters. The zero-order valence-electron chi connectivity index (χ0n) is 7.08. The highest BCUT2D eigenvalue weighted by Crippen LogP contribution is 2.44. The minimum Gasteiger partial charge on any atom is -0.506 e. The zero-order chi connectivity index (χ0) is 9.42. The number of aromatic hydroxyl groups is 1. The standard InChI is InChI=1S/C9H9ClO2S/c1-5-4-12-9-7(13-5)3-2-6(11)8(9)10/h2-3,5,11H,4H2,1H3. The molecule has 0 aromatic heterocycles. The van der Waals surface area contributed by atoms with E-state index in [0.717, 1.165) is 4.90 Å². The third-order valence-corrected chi connectivity index (χ3v) is 3.31. The Bertz CT molecular complexity index is 341. The fourth-order valence-corrected chi connectivity index (χ4v) is 2.47. The Labute approximate surface area is 85.9 Å². The van der Waals surface area contributed by atoms with Crippen molar-refractivity contribution in [3.05, 3.63) is 17.2 Å². The molecule has 1 aliphatic heterocycles. The summed E-state index contributed by atoms with van der Waals surface area (Å²) in [6, 6.07) is 3.42. The number of hydrogen-bond acceptors (Lipinski definition) is 3. The number of phenols is 1. The van der Waals surface area contributed by atoms with Crippen LogP contribution in [0.5, 0.6) is 11.5 Å². The first kappa shape index (κ1) is 9.03. The summed E-state index contributed by atoms with van der Waals surface area (Å²) >= 11 is 7.58. The lowest BCUT2D eigenvalue weighted by molar-refractivity contribution is 0.306. The predicted octanol–water partition coefficient (Wildman–Crippen LogP) is 2.92. The smallest absolute Gasteiger partial charge is 0.155 e. The molecule has 0 amide bonds. The van der Waals surface area contributed by atoms with Gasteiger partial charge in [0.15, 0.2) is 5.75 Å². The van der Waals surface area contributed by atoms with Crippen molar-refractivity contribution in [2.75, 3.05) is 6.61 Å². The lowest BCUT2D eigenvalue weighted by Gasteiger charge is -2.22. The van der Waals surface area contributed by atoms with Crippen molar-refractivity contribution in [1.29, 1.82) is 0 Å². The summed E-state index contributed by atoms with van der Waals surface area (Å²) in [7, 11) is 0. The van der Waals surface area contributed by atoms with Gasteiger partial charge in [-0.3, -0.25) is 0 Å². The quantitative estimate of drug-likeness (QED) is 0.723. The fourth-order valence-electron chi connectivity index (χ4n) is 1.21. The van der Waals surface area contributed by atoms with Crippen LogP contribution in [0.3, 0.4) is 0 Å². The average molecular weight is 217 g/mol. The maximum Gasteiger partial charge on any atom is 0.155 e. The van der Waals surface area contributed by atoms with Crippen LogP contribution in [0.2, 0.25) is 5.02 Å². The molecule has 2 rings (SSSR count). The lowest BCUT2D eigenvalue weighted by atomic mass is 10.3. The Hall–Kier alpha value is -0.540. The van der Waals surface area contributed by atoms with E-state index in [2.05, 4.69) is 6.92 Å². The molecule has 0 saturated carbocycles. The molecule has 0 aliphatic carbocycles. The summed E-state index contributed by atoms with van der Waals surface area (Å²) in [6.45, 7) is 2.73. The predicted molar refractivity (Wildman–Crippen MR) is 53.9 cm³/mol. The second-order valence-corrected chi connectivity index (χ2v) is 4.82. The van der Waals surface area contributed by atoms with Crippen LogP contribution < -0.4 is 4.74 Å². The van der Waals surface area contributed by atoms with Crippen LogP contribution in [0, 0.1) is 0 Å². The third kappa shape index (κ3) is 1.58. The summed E-state index contributed by atoms with van der Waals surface area (Å²) in [5.41, 5.74) is 0. The number of phenolic OH excluding ortho intramolecular Hbond substituents is 1. The Morgan fingerprint density at radius 1 is 1.62 bits per heavy atom. The number of fused-ring (bicyclic) bond motifs is 1. The highest BCUT2D eigenvalue weighted by molar-refractivity contribution is 8.00. The van der Waals surface area contributed by atoms with E-state index >= 15 is 0 Å². The molecular formula is C9H9ClO2S. The van der Waals surface area contributed by atoms with Crippen molar-refractivity contribution in [2.24, 2.45) is 0 Å². The topological polar surface area (TPSA) is 29.5 Å². The van der Waals surface area contributed by atoms with Gasteiger partial charge in [0, 0.05) is 5.25 Å². The van der Waals surface area contributed by atoms with E-state index in [1.54, 1.807) is 17.8 Å². The second-order valence-electron chi connectivity index (χ2n) is 2.97. The van der Waals surface area contributed by atoms with E-state index in [0.29, 0.717) is 22.6 Å². The molecule has 4 heteroatoms. The second kappa shape index (κ2) is 3.31. The molecular weight excluding hydrogens is 208 g/mol. The number of hydrogen-bond donors (Lipinski definition) is 1. The van der Waals surface area contributed by atoms with E-state index in [1.807, 2.05) is 6.07 Å². The van der Waals surface area contributed by atoms with E-state index in [-0.39, 0.29) is 5.75 Å². The maximum absolute atomic E-state index is 9.32. The summed E-state index contributed by atoms with van der Waals surface area (Å²) in [6.07, 6.45) is 0. The monoisotopic (exact) mass is 216 g/mol. The molecule has 2 nitrogen and oxygen atoms in total. The molecule has 0 saturated heterocycles. The van der Waals surface area contributed by atoms with E-state index in [9.17, 15) is 5.11 Å². The Morgan fingerprint density at radius 2 is 2.38 bits per heavy atom. The van der Waals surface area contributed by atoms with E-state index in [1.165, 1.54) is 0 Å². The van der Waals surface area contributed by atoms with Gasteiger partial charge in [0.1, 0.15) is 17.4 Å². The number of ether oxygens (including phenoxy) is 1. The van der Waals surface area contributed by atoms with E-state index in [4.69, 9.17) is 16.3 Å². The van der Waals surface area contributed by atoms with Gasteiger partial charge >= 0.3 is 0 Å². The Morgan fingerprint density at radius 3 is 3.15 bits per heavy atom.